The van der Waals surface area contributed by atoms with E-state index in [1.165, 1.54) is 31.2 Å². The van der Waals surface area contributed by atoms with Crippen LogP contribution in [0.4, 0.5) is 0 Å². The quantitative estimate of drug-likeness (QED) is 0.0211. The lowest BCUT2D eigenvalue weighted by atomic mass is 10.0. The smallest absolute Gasteiger partial charge is 0.243 e. The molecule has 0 fully saturated rings. The molecule has 13 amide bonds. The Morgan fingerprint density at radius 2 is 1.20 bits per heavy atom. The summed E-state index contributed by atoms with van der Waals surface area (Å²) < 4.78 is 0. The van der Waals surface area contributed by atoms with Gasteiger partial charge in [0, 0.05) is 86.6 Å². The normalized spacial score (nSPS) is 13.5. The highest BCUT2D eigenvalue weighted by atomic mass is 32.2. The summed E-state index contributed by atoms with van der Waals surface area (Å²) >= 11 is 9.33. The SMILES string of the molecule is CSCC[C@H](NC(=O)[C@H](CC(C)C)NC(=O)[C@H](Cc1cnc[nH]1)NC(=O)CNC(=O)[C@@H](NC(=O)[C@H](C)NC(=O)[C@H](Cc1c[nH]c2ccccc12)NC(=O)[C@H](CCC(N)=O)NC(=O)CCCCNC(=O)CC(CNC(=O)CS)CNC(=O)CS)C(C)C)C(N)=O. The maximum atomic E-state index is 14.3. The molecule has 2 aromatic heterocycles. The minimum Gasteiger partial charge on any atom is -0.370 e. The van der Waals surface area contributed by atoms with Gasteiger partial charge in [0.05, 0.1) is 24.4 Å². The molecule has 32 heteroatoms. The highest BCUT2D eigenvalue weighted by molar-refractivity contribution is 7.98. The second-order valence-electron chi connectivity index (χ2n) is 22.1. The van der Waals surface area contributed by atoms with E-state index < -0.39 is 120 Å². The molecule has 29 nitrogen and oxygen atoms in total. The van der Waals surface area contributed by atoms with Crippen LogP contribution in [0.5, 0.6) is 0 Å². The minimum absolute atomic E-state index is 0.0276. The molecule has 0 bridgehead atoms. The van der Waals surface area contributed by atoms with Crippen LogP contribution in [0, 0.1) is 17.8 Å². The predicted octanol–water partition coefficient (Wildman–Crippen LogP) is -2.20. The lowest BCUT2D eigenvalue weighted by Crippen LogP contribution is -2.59. The number of hydrogen-bond donors (Lipinski definition) is 17. The average Bonchev–Trinajstić information content (AvgIpc) is 2.97. The van der Waals surface area contributed by atoms with Gasteiger partial charge in [-0.2, -0.15) is 37.0 Å². The molecule has 1 aromatic carbocycles. The van der Waals surface area contributed by atoms with Crippen molar-refractivity contribution in [2.24, 2.45) is 29.2 Å². The van der Waals surface area contributed by atoms with E-state index >= 15 is 0 Å². The van der Waals surface area contributed by atoms with Crippen molar-refractivity contribution in [3.8, 4) is 0 Å². The van der Waals surface area contributed by atoms with Crippen LogP contribution in [0.3, 0.4) is 0 Å². The third kappa shape index (κ3) is 28.4. The number of amides is 13. The number of nitrogens with zero attached hydrogens (tertiary/aromatic N) is 1. The van der Waals surface area contributed by atoms with Crippen LogP contribution in [0.1, 0.15) is 97.2 Å². The van der Waals surface area contributed by atoms with Crippen LogP contribution in [0.2, 0.25) is 0 Å². The number of carbonyl (C=O) groups excluding carboxylic acids is 13. The second-order valence-corrected chi connectivity index (χ2v) is 23.7. The Bertz CT molecular complexity index is 2860. The first kappa shape index (κ1) is 75.4. The number of thioether (sulfide) groups is 1. The average molecular weight is 1300 g/mol. The van der Waals surface area contributed by atoms with Crippen LogP contribution in [-0.2, 0) is 75.2 Å². The standard InChI is InChI=1S/C57H88N16O13S3/c1-31(2)19-41(55(84)70-39(51(59)80)16-18-89-6)71-56(85)43(22-36-26-60-30-66-36)69-47(77)27-65-57(86)50(32(3)4)73-52(81)33(5)67-54(83)42(21-35-25-62-38-12-8-7-11-37(35)38)72-53(82)40(14-15-44(58)74)68-45(75)13-9-10-17-61-46(76)20-34(23-63-48(78)28-87)24-64-49(79)29-88/h7-8,11-12,25-26,30-34,39-43,50,62,87-88H,9-10,13-24,27-29H2,1-6H3,(H2,58,74)(H2,59,80)(H,60,66)(H,61,76)(H,63,78)(H,64,79)(H,65,86)(H,67,83)(H,68,75)(H,69,77)(H,70,84)(H,71,85)(H,72,82)(H,73,81)/t33-,39-,40-,41-,42-,43-,50-/m0/s1. The summed E-state index contributed by atoms with van der Waals surface area (Å²) in [6.45, 7) is 8.01. The Labute approximate surface area is 532 Å². The highest BCUT2D eigenvalue weighted by Gasteiger charge is 2.34. The number of benzene rings is 1. The topological polar surface area (TPSA) is 451 Å². The maximum Gasteiger partial charge on any atom is 0.243 e. The fourth-order valence-corrected chi connectivity index (χ4v) is 9.65. The Morgan fingerprint density at radius 3 is 1.81 bits per heavy atom. The Balaban J connectivity index is 1.70. The van der Waals surface area contributed by atoms with Crippen molar-refractivity contribution < 1.29 is 62.3 Å². The van der Waals surface area contributed by atoms with Crippen molar-refractivity contribution in [3.63, 3.8) is 0 Å². The van der Waals surface area contributed by atoms with Crippen molar-refractivity contribution in [3.05, 3.63) is 54.2 Å². The molecule has 2 heterocycles. The monoisotopic (exact) mass is 1300 g/mol. The van der Waals surface area contributed by atoms with Gasteiger partial charge in [-0.1, -0.05) is 45.9 Å². The number of aromatic amines is 2. The van der Waals surface area contributed by atoms with Gasteiger partial charge in [-0.3, -0.25) is 62.3 Å². The summed E-state index contributed by atoms with van der Waals surface area (Å²) in [4.78, 5) is 181. The molecule has 0 saturated carbocycles. The Kier molecular flexibility index (Phi) is 33.8. The van der Waals surface area contributed by atoms with E-state index in [9.17, 15) is 62.3 Å². The number of unbranched alkanes of at least 4 members (excludes halogenated alkanes) is 1. The van der Waals surface area contributed by atoms with E-state index in [1.807, 2.05) is 20.1 Å². The molecule has 0 unspecified atom stereocenters. The highest BCUT2D eigenvalue weighted by Crippen LogP contribution is 2.20. The molecule has 17 N–H and O–H groups in total. The molecule has 0 aliphatic carbocycles. The predicted molar refractivity (Wildman–Crippen MR) is 340 cm³/mol. The lowest BCUT2D eigenvalue weighted by Gasteiger charge is -2.26. The van der Waals surface area contributed by atoms with Gasteiger partial charge in [-0.15, -0.1) is 0 Å². The zero-order valence-electron chi connectivity index (χ0n) is 51.0. The summed E-state index contributed by atoms with van der Waals surface area (Å²) in [5, 5.41) is 29.7. The number of fused-ring (bicyclic) bond motifs is 1. The summed E-state index contributed by atoms with van der Waals surface area (Å²) in [6.07, 6.45) is 6.42. The molecule has 492 valence electrons. The van der Waals surface area contributed by atoms with Crippen molar-refractivity contribution in [1.29, 1.82) is 0 Å². The van der Waals surface area contributed by atoms with Crippen LogP contribution in [-0.4, -0.2) is 184 Å². The first-order chi connectivity index (χ1) is 42.2. The summed E-state index contributed by atoms with van der Waals surface area (Å²) in [7, 11) is 0. The van der Waals surface area contributed by atoms with E-state index in [2.05, 4.69) is 98.7 Å². The number of thiol groups is 2. The van der Waals surface area contributed by atoms with Crippen molar-refractivity contribution in [2.45, 2.75) is 141 Å². The molecule has 0 radical (unpaired) electrons. The van der Waals surface area contributed by atoms with Crippen LogP contribution in [0.15, 0.2) is 43.0 Å². The zero-order valence-corrected chi connectivity index (χ0v) is 53.7. The number of imidazole rings is 1. The van der Waals surface area contributed by atoms with Crippen molar-refractivity contribution in [1.82, 2.24) is 73.4 Å². The molecule has 89 heavy (non-hydrogen) atoms. The first-order valence-electron chi connectivity index (χ1n) is 29.2. The Hall–Kier alpha value is -7.87. The molecule has 0 saturated heterocycles. The number of carbonyl (C=O) groups is 13. The summed E-state index contributed by atoms with van der Waals surface area (Å²) in [5.74, 6) is -9.33. The van der Waals surface area contributed by atoms with Gasteiger partial charge in [0.2, 0.25) is 76.8 Å². The summed E-state index contributed by atoms with van der Waals surface area (Å²) in [5.41, 5.74) is 12.8. The number of H-pyrrole nitrogens is 2. The van der Waals surface area contributed by atoms with E-state index in [0.29, 0.717) is 23.4 Å². The third-order valence-corrected chi connectivity index (χ3v) is 15.0. The summed E-state index contributed by atoms with van der Waals surface area (Å²) in [6, 6.07) is -1.57. The van der Waals surface area contributed by atoms with Crippen LogP contribution < -0.4 is 70.0 Å². The second kappa shape index (κ2) is 39.9. The molecule has 0 aliphatic rings. The third-order valence-electron chi connectivity index (χ3n) is 13.8. The first-order valence-corrected chi connectivity index (χ1v) is 31.9. The van der Waals surface area contributed by atoms with Crippen molar-refractivity contribution in [2.75, 3.05) is 49.7 Å². The molecule has 3 aromatic rings. The van der Waals surface area contributed by atoms with E-state index in [-0.39, 0.29) is 113 Å². The maximum absolute atomic E-state index is 14.3. The van der Waals surface area contributed by atoms with Gasteiger partial charge in [0.15, 0.2) is 0 Å². The zero-order chi connectivity index (χ0) is 66.2. The number of para-hydroxylation sites is 1. The van der Waals surface area contributed by atoms with E-state index in [0.717, 1.165) is 10.9 Å². The fraction of sp³-hybridized carbons (Fsp3) is 0.579. The lowest BCUT2D eigenvalue weighted by molar-refractivity contribution is -0.135. The van der Waals surface area contributed by atoms with Crippen LogP contribution >= 0.6 is 37.0 Å². The number of aromatic nitrogens is 3. The molecule has 0 spiro atoms. The fourth-order valence-electron chi connectivity index (χ4n) is 8.95. The largest absolute Gasteiger partial charge is 0.370 e. The number of nitrogens with one attached hydrogen (secondary N) is 13. The van der Waals surface area contributed by atoms with Gasteiger partial charge < -0.3 is 79.9 Å². The van der Waals surface area contributed by atoms with Gasteiger partial charge in [0.1, 0.15) is 42.3 Å². The van der Waals surface area contributed by atoms with E-state index in [4.69, 9.17) is 11.5 Å². The van der Waals surface area contributed by atoms with Gasteiger partial charge in [-0.05, 0) is 74.5 Å². The Morgan fingerprint density at radius 1 is 0.596 bits per heavy atom. The molecular formula is C57H88N16O13S3. The number of rotatable bonds is 42. The molecule has 7 atom stereocenters. The van der Waals surface area contributed by atoms with Gasteiger partial charge in [0.25, 0.3) is 0 Å². The van der Waals surface area contributed by atoms with Gasteiger partial charge in [-0.25, -0.2) is 4.98 Å². The molecular weight excluding hydrogens is 1210 g/mol. The van der Waals surface area contributed by atoms with Crippen LogP contribution in [0.25, 0.3) is 10.9 Å². The number of primary amides is 2. The molecule has 3 rings (SSSR count). The van der Waals surface area contributed by atoms with Crippen molar-refractivity contribution >= 4 is 125 Å². The van der Waals surface area contributed by atoms with E-state index in [1.54, 1.807) is 44.3 Å². The minimum atomic E-state index is -1.39. The number of hydrogen-bond acceptors (Lipinski definition) is 17. The van der Waals surface area contributed by atoms with Gasteiger partial charge >= 0.3 is 0 Å². The molecule has 0 aliphatic heterocycles. The number of nitrogens with two attached hydrogens (primary N) is 2.